The zero-order valence-corrected chi connectivity index (χ0v) is 15.3. The first-order valence-electron chi connectivity index (χ1n) is 7.03. The number of nitrogens with zero attached hydrogens (tertiary/aromatic N) is 1. The maximum atomic E-state index is 11.6. The summed E-state index contributed by atoms with van der Waals surface area (Å²) >= 11 is 8.44. The number of aliphatic carboxylic acids is 1. The quantitative estimate of drug-likeness (QED) is 0.475. The summed E-state index contributed by atoms with van der Waals surface area (Å²) in [4.78, 5) is 16.1. The number of hydrogen-bond donors (Lipinski definition) is 2. The highest BCUT2D eigenvalue weighted by molar-refractivity contribution is 8.05. The number of phenols is 1. The molecule has 25 heavy (non-hydrogen) atoms. The third kappa shape index (κ3) is 3.89. The minimum absolute atomic E-state index is 0.0836. The van der Waals surface area contributed by atoms with E-state index >= 15 is 0 Å². The molecule has 0 fully saturated rings. The normalized spacial score (nSPS) is 11.7. The van der Waals surface area contributed by atoms with Gasteiger partial charge in [-0.2, -0.15) is 0 Å². The Hall–Kier alpha value is -2.22. The number of halogens is 1. The van der Waals surface area contributed by atoms with E-state index in [1.807, 2.05) is 24.3 Å². The lowest BCUT2D eigenvalue weighted by Crippen LogP contribution is -1.96. The molecule has 0 aliphatic carbocycles. The molecular formula is C17H12ClNO4S2. The van der Waals surface area contributed by atoms with Crippen molar-refractivity contribution in [1.29, 1.82) is 0 Å². The van der Waals surface area contributed by atoms with E-state index in [4.69, 9.17) is 16.3 Å². The smallest absolute Gasteiger partial charge is 0.342 e. The van der Waals surface area contributed by atoms with E-state index in [0.29, 0.717) is 9.90 Å². The van der Waals surface area contributed by atoms with Crippen molar-refractivity contribution in [3.63, 3.8) is 0 Å². The summed E-state index contributed by atoms with van der Waals surface area (Å²) in [6.45, 7) is 0. The molecule has 0 spiro atoms. The molecule has 0 amide bonds. The zero-order valence-electron chi connectivity index (χ0n) is 12.9. The molecule has 3 aromatic rings. The summed E-state index contributed by atoms with van der Waals surface area (Å²) in [7, 11) is 1.40. The fourth-order valence-corrected chi connectivity index (χ4v) is 4.34. The fourth-order valence-electron chi connectivity index (χ4n) is 2.11. The SMILES string of the molecule is COc1cc(/C=C(/Sc2nc3ccccc3s2)C(=O)O)cc(Cl)c1O. The van der Waals surface area contributed by atoms with Crippen molar-refractivity contribution in [2.75, 3.05) is 7.11 Å². The molecule has 1 heterocycles. The van der Waals surface area contributed by atoms with Gasteiger partial charge in [0.15, 0.2) is 15.8 Å². The first-order chi connectivity index (χ1) is 12.0. The summed E-state index contributed by atoms with van der Waals surface area (Å²) in [5.74, 6) is -1.09. The molecule has 8 heteroatoms. The molecule has 0 aliphatic rings. The number of phenolic OH excluding ortho intramolecular Hbond substituents is 1. The number of aromatic hydroxyl groups is 1. The van der Waals surface area contributed by atoms with Crippen LogP contribution in [0.5, 0.6) is 11.5 Å². The number of carboxylic acids is 1. The van der Waals surface area contributed by atoms with E-state index < -0.39 is 5.97 Å². The van der Waals surface area contributed by atoms with Crippen molar-refractivity contribution in [2.24, 2.45) is 0 Å². The van der Waals surface area contributed by atoms with Crippen LogP contribution in [0, 0.1) is 0 Å². The van der Waals surface area contributed by atoms with Gasteiger partial charge < -0.3 is 14.9 Å². The Morgan fingerprint density at radius 2 is 2.12 bits per heavy atom. The number of para-hydroxylation sites is 1. The zero-order chi connectivity index (χ0) is 18.0. The van der Waals surface area contributed by atoms with E-state index in [2.05, 4.69) is 4.98 Å². The third-order valence-electron chi connectivity index (χ3n) is 3.25. The molecule has 5 nitrogen and oxygen atoms in total. The summed E-state index contributed by atoms with van der Waals surface area (Å²) in [6.07, 6.45) is 1.47. The monoisotopic (exact) mass is 393 g/mol. The Balaban J connectivity index is 1.97. The highest BCUT2D eigenvalue weighted by Crippen LogP contribution is 2.38. The van der Waals surface area contributed by atoms with Gasteiger partial charge in [0.05, 0.1) is 22.3 Å². The molecule has 128 valence electrons. The van der Waals surface area contributed by atoms with Crippen LogP contribution >= 0.6 is 34.7 Å². The Labute approximate surface area is 156 Å². The number of ether oxygens (including phenoxy) is 1. The largest absolute Gasteiger partial charge is 0.503 e. The van der Waals surface area contributed by atoms with Crippen molar-refractivity contribution < 1.29 is 19.7 Å². The second kappa shape index (κ2) is 7.35. The Bertz CT molecular complexity index is 951. The van der Waals surface area contributed by atoms with E-state index in [1.165, 1.54) is 36.7 Å². The van der Waals surface area contributed by atoms with Crippen molar-refractivity contribution >= 4 is 57.0 Å². The first kappa shape index (κ1) is 17.6. The van der Waals surface area contributed by atoms with Crippen LogP contribution in [0.15, 0.2) is 45.6 Å². The molecule has 0 unspecified atom stereocenters. The minimum Gasteiger partial charge on any atom is -0.503 e. The van der Waals surface area contributed by atoms with Crippen molar-refractivity contribution in [3.05, 3.63) is 51.9 Å². The average Bonchev–Trinajstić information content (AvgIpc) is 2.99. The van der Waals surface area contributed by atoms with Gasteiger partial charge in [-0.1, -0.05) is 35.5 Å². The Morgan fingerprint density at radius 1 is 1.36 bits per heavy atom. The van der Waals surface area contributed by atoms with E-state index in [-0.39, 0.29) is 21.4 Å². The van der Waals surface area contributed by atoms with Crippen LogP contribution in [0.4, 0.5) is 0 Å². The number of carboxylic acid groups (broad SMARTS) is 1. The summed E-state index contributed by atoms with van der Waals surface area (Å²) in [6, 6.07) is 10.6. The topological polar surface area (TPSA) is 79.7 Å². The predicted molar refractivity (Wildman–Crippen MR) is 101 cm³/mol. The van der Waals surface area contributed by atoms with Crippen LogP contribution in [-0.2, 0) is 4.79 Å². The fraction of sp³-hybridized carbons (Fsp3) is 0.0588. The van der Waals surface area contributed by atoms with Gasteiger partial charge in [0.2, 0.25) is 0 Å². The van der Waals surface area contributed by atoms with Crippen LogP contribution in [0.3, 0.4) is 0 Å². The van der Waals surface area contributed by atoms with Crippen molar-refractivity contribution in [3.8, 4) is 11.5 Å². The molecule has 0 atom stereocenters. The molecule has 3 rings (SSSR count). The van der Waals surface area contributed by atoms with Crippen LogP contribution < -0.4 is 4.74 Å². The second-order valence-electron chi connectivity index (χ2n) is 4.92. The van der Waals surface area contributed by atoms with Crippen LogP contribution in [-0.4, -0.2) is 28.3 Å². The number of benzene rings is 2. The lowest BCUT2D eigenvalue weighted by molar-refractivity contribution is -0.131. The Kier molecular flexibility index (Phi) is 5.17. The number of thiazole rings is 1. The average molecular weight is 394 g/mol. The number of thioether (sulfide) groups is 1. The standard InChI is InChI=1S/C17H12ClNO4S2/c1-23-12-7-9(6-10(18)15(12)20)8-14(16(21)22)25-17-19-11-4-2-3-5-13(11)24-17/h2-8,20H,1H3,(H,21,22)/b14-8+. The molecule has 0 radical (unpaired) electrons. The molecule has 2 N–H and O–H groups in total. The Morgan fingerprint density at radius 3 is 2.80 bits per heavy atom. The van der Waals surface area contributed by atoms with Crippen molar-refractivity contribution in [1.82, 2.24) is 4.98 Å². The summed E-state index contributed by atoms with van der Waals surface area (Å²) in [5.41, 5.74) is 1.33. The van der Waals surface area contributed by atoms with Gasteiger partial charge in [0, 0.05) is 0 Å². The molecular weight excluding hydrogens is 382 g/mol. The van der Waals surface area contributed by atoms with Gasteiger partial charge >= 0.3 is 5.97 Å². The van der Waals surface area contributed by atoms with Gasteiger partial charge in [0.25, 0.3) is 0 Å². The van der Waals surface area contributed by atoms with E-state index in [9.17, 15) is 15.0 Å². The maximum absolute atomic E-state index is 11.6. The van der Waals surface area contributed by atoms with Crippen LogP contribution in [0.1, 0.15) is 5.56 Å². The molecule has 0 saturated carbocycles. The predicted octanol–water partition coefficient (Wildman–Crippen LogP) is 4.88. The van der Waals surface area contributed by atoms with Gasteiger partial charge in [0.1, 0.15) is 4.91 Å². The lowest BCUT2D eigenvalue weighted by Gasteiger charge is -2.07. The molecule has 0 saturated heterocycles. The first-order valence-corrected chi connectivity index (χ1v) is 9.04. The summed E-state index contributed by atoms with van der Waals surface area (Å²) in [5, 5.41) is 19.4. The van der Waals surface area contributed by atoms with Gasteiger partial charge in [-0.15, -0.1) is 11.3 Å². The third-order valence-corrected chi connectivity index (χ3v) is 5.65. The molecule has 0 aliphatic heterocycles. The van der Waals surface area contributed by atoms with Gasteiger partial charge in [-0.25, -0.2) is 9.78 Å². The number of rotatable bonds is 5. The molecule has 2 aromatic carbocycles. The maximum Gasteiger partial charge on any atom is 0.342 e. The van der Waals surface area contributed by atoms with Gasteiger partial charge in [-0.05, 0) is 35.9 Å². The highest BCUT2D eigenvalue weighted by atomic mass is 35.5. The second-order valence-corrected chi connectivity index (χ2v) is 7.64. The highest BCUT2D eigenvalue weighted by Gasteiger charge is 2.15. The van der Waals surface area contributed by atoms with Crippen molar-refractivity contribution in [2.45, 2.75) is 4.34 Å². The van der Waals surface area contributed by atoms with Crippen LogP contribution in [0.25, 0.3) is 16.3 Å². The number of fused-ring (bicyclic) bond motifs is 1. The van der Waals surface area contributed by atoms with E-state index in [0.717, 1.165) is 22.0 Å². The lowest BCUT2D eigenvalue weighted by atomic mass is 10.2. The number of aromatic nitrogens is 1. The van der Waals surface area contributed by atoms with Crippen LogP contribution in [0.2, 0.25) is 5.02 Å². The van der Waals surface area contributed by atoms with Gasteiger partial charge in [-0.3, -0.25) is 0 Å². The minimum atomic E-state index is -1.08. The number of methoxy groups -OCH3 is 1. The number of hydrogen-bond acceptors (Lipinski definition) is 6. The summed E-state index contributed by atoms with van der Waals surface area (Å²) < 4.78 is 6.66. The number of carbonyl (C=O) groups is 1. The molecule has 1 aromatic heterocycles. The molecule has 0 bridgehead atoms. The van der Waals surface area contributed by atoms with E-state index in [1.54, 1.807) is 0 Å².